The van der Waals surface area contributed by atoms with Crippen molar-refractivity contribution in [2.75, 3.05) is 7.11 Å². The Morgan fingerprint density at radius 2 is 2.25 bits per heavy atom. The minimum atomic E-state index is -1.68. The number of nitrogens with one attached hydrogen (secondary N) is 1. The van der Waals surface area contributed by atoms with Crippen LogP contribution in [0.4, 0.5) is 0 Å². The van der Waals surface area contributed by atoms with Gasteiger partial charge in [-0.15, -0.1) is 0 Å². The minimum Gasteiger partial charge on any atom is -0.465 e. The van der Waals surface area contributed by atoms with Crippen LogP contribution in [-0.4, -0.2) is 40.2 Å². The Morgan fingerprint density at radius 1 is 1.50 bits per heavy atom. The van der Waals surface area contributed by atoms with Gasteiger partial charge in [0.25, 0.3) is 0 Å². The van der Waals surface area contributed by atoms with E-state index in [-0.39, 0.29) is 11.0 Å². The van der Waals surface area contributed by atoms with Gasteiger partial charge in [-0.2, -0.15) is 0 Å². The molecule has 2 aromatic rings. The first-order valence-corrected chi connectivity index (χ1v) is 4.55. The van der Waals surface area contributed by atoms with Gasteiger partial charge in [-0.05, 0) is 12.1 Å². The van der Waals surface area contributed by atoms with Crippen molar-refractivity contribution in [2.45, 2.75) is 0 Å². The molecule has 0 spiro atoms. The summed E-state index contributed by atoms with van der Waals surface area (Å²) in [5.74, 6) is -0.543. The first-order chi connectivity index (χ1) is 7.63. The SMILES string of the molecule is COC(=O)c1cc(B(O)O)c2nc[nH]c2c1. The summed E-state index contributed by atoms with van der Waals surface area (Å²) in [5, 5.41) is 18.3. The average Bonchev–Trinajstić information content (AvgIpc) is 2.74. The van der Waals surface area contributed by atoms with Crippen molar-refractivity contribution in [1.29, 1.82) is 0 Å². The Labute approximate surface area is 91.0 Å². The van der Waals surface area contributed by atoms with E-state index in [2.05, 4.69) is 14.7 Å². The van der Waals surface area contributed by atoms with Crippen LogP contribution in [0.2, 0.25) is 0 Å². The third-order valence-electron chi connectivity index (χ3n) is 2.25. The van der Waals surface area contributed by atoms with E-state index in [1.165, 1.54) is 19.5 Å². The monoisotopic (exact) mass is 220 g/mol. The third-order valence-corrected chi connectivity index (χ3v) is 2.25. The van der Waals surface area contributed by atoms with Crippen molar-refractivity contribution >= 4 is 29.6 Å². The van der Waals surface area contributed by atoms with E-state index in [0.29, 0.717) is 11.0 Å². The number of ether oxygens (including phenoxy) is 1. The maximum absolute atomic E-state index is 11.3. The maximum atomic E-state index is 11.3. The van der Waals surface area contributed by atoms with Crippen molar-refractivity contribution in [3.05, 3.63) is 24.0 Å². The van der Waals surface area contributed by atoms with E-state index in [9.17, 15) is 4.79 Å². The number of benzene rings is 1. The zero-order chi connectivity index (χ0) is 11.7. The number of hydrogen-bond donors (Lipinski definition) is 3. The van der Waals surface area contributed by atoms with Crippen molar-refractivity contribution in [1.82, 2.24) is 9.97 Å². The fourth-order valence-electron chi connectivity index (χ4n) is 1.51. The van der Waals surface area contributed by atoms with Gasteiger partial charge in [0, 0.05) is 5.46 Å². The molecule has 1 aromatic carbocycles. The van der Waals surface area contributed by atoms with E-state index in [0.717, 1.165) is 0 Å². The largest absolute Gasteiger partial charge is 0.490 e. The summed E-state index contributed by atoms with van der Waals surface area (Å²) in [6, 6.07) is 2.89. The molecule has 0 fully saturated rings. The Hall–Kier alpha value is -1.86. The molecule has 0 saturated heterocycles. The maximum Gasteiger partial charge on any atom is 0.490 e. The zero-order valence-electron chi connectivity index (χ0n) is 8.47. The van der Waals surface area contributed by atoms with Gasteiger partial charge in [0.05, 0.1) is 30.0 Å². The van der Waals surface area contributed by atoms with Crippen molar-refractivity contribution in [3.8, 4) is 0 Å². The number of fused-ring (bicyclic) bond motifs is 1. The van der Waals surface area contributed by atoms with Crippen LogP contribution < -0.4 is 5.46 Å². The zero-order valence-corrected chi connectivity index (χ0v) is 8.47. The minimum absolute atomic E-state index is 0.166. The quantitative estimate of drug-likeness (QED) is 0.447. The van der Waals surface area contributed by atoms with Crippen LogP contribution in [-0.2, 0) is 4.74 Å². The highest BCUT2D eigenvalue weighted by atomic mass is 16.5. The molecular weight excluding hydrogens is 211 g/mol. The summed E-state index contributed by atoms with van der Waals surface area (Å²) in [4.78, 5) is 18.1. The van der Waals surface area contributed by atoms with E-state index in [4.69, 9.17) is 10.0 Å². The summed E-state index contributed by atoms with van der Waals surface area (Å²) >= 11 is 0. The second kappa shape index (κ2) is 3.95. The lowest BCUT2D eigenvalue weighted by atomic mass is 9.78. The van der Waals surface area contributed by atoms with Crippen molar-refractivity contribution in [2.24, 2.45) is 0 Å². The number of esters is 1. The van der Waals surface area contributed by atoms with Crippen LogP contribution in [0, 0.1) is 0 Å². The van der Waals surface area contributed by atoms with Crippen LogP contribution in [0.1, 0.15) is 10.4 Å². The molecule has 16 heavy (non-hydrogen) atoms. The highest BCUT2D eigenvalue weighted by molar-refractivity contribution is 6.61. The third kappa shape index (κ3) is 1.66. The van der Waals surface area contributed by atoms with E-state index >= 15 is 0 Å². The van der Waals surface area contributed by atoms with Gasteiger partial charge in [-0.3, -0.25) is 0 Å². The molecule has 2 rings (SSSR count). The standard InChI is InChI=1S/C9H9BN2O4/c1-16-9(13)5-2-6(10(14)15)8-7(3-5)11-4-12-8/h2-4,14-15H,1H3,(H,11,12). The average molecular weight is 220 g/mol. The number of aromatic amines is 1. The van der Waals surface area contributed by atoms with Crippen LogP contribution in [0.3, 0.4) is 0 Å². The highest BCUT2D eigenvalue weighted by Crippen LogP contribution is 2.11. The van der Waals surface area contributed by atoms with Gasteiger partial charge < -0.3 is 19.8 Å². The predicted molar refractivity (Wildman–Crippen MR) is 57.3 cm³/mol. The van der Waals surface area contributed by atoms with Crippen LogP contribution in [0.15, 0.2) is 18.5 Å². The second-order valence-electron chi connectivity index (χ2n) is 3.23. The molecule has 7 heteroatoms. The molecule has 0 aliphatic carbocycles. The van der Waals surface area contributed by atoms with E-state index in [1.807, 2.05) is 0 Å². The molecule has 1 aromatic heterocycles. The lowest BCUT2D eigenvalue weighted by molar-refractivity contribution is 0.0601. The van der Waals surface area contributed by atoms with Crippen LogP contribution >= 0.6 is 0 Å². The normalized spacial score (nSPS) is 10.4. The van der Waals surface area contributed by atoms with Gasteiger partial charge in [-0.25, -0.2) is 9.78 Å². The molecule has 82 valence electrons. The number of H-pyrrole nitrogens is 1. The summed E-state index contributed by atoms with van der Waals surface area (Å²) in [7, 11) is -0.426. The van der Waals surface area contributed by atoms with Crippen LogP contribution in [0.25, 0.3) is 11.0 Å². The van der Waals surface area contributed by atoms with Gasteiger partial charge in [0.1, 0.15) is 0 Å². The lowest BCUT2D eigenvalue weighted by Crippen LogP contribution is -2.31. The molecule has 1 heterocycles. The fraction of sp³-hybridized carbons (Fsp3) is 0.111. The van der Waals surface area contributed by atoms with Crippen LogP contribution in [0.5, 0.6) is 0 Å². The molecular formula is C9H9BN2O4. The van der Waals surface area contributed by atoms with Crippen molar-refractivity contribution < 1.29 is 19.6 Å². The Morgan fingerprint density at radius 3 is 2.88 bits per heavy atom. The first-order valence-electron chi connectivity index (χ1n) is 4.55. The topological polar surface area (TPSA) is 95.4 Å². The van der Waals surface area contributed by atoms with Gasteiger partial charge >= 0.3 is 13.1 Å². The molecule has 6 nitrogen and oxygen atoms in total. The Kier molecular flexibility index (Phi) is 2.63. The molecule has 0 aliphatic heterocycles. The van der Waals surface area contributed by atoms with Crippen molar-refractivity contribution in [3.63, 3.8) is 0 Å². The molecule has 0 atom stereocenters. The van der Waals surface area contributed by atoms with Gasteiger partial charge in [-0.1, -0.05) is 0 Å². The number of hydrogen-bond acceptors (Lipinski definition) is 5. The second-order valence-corrected chi connectivity index (χ2v) is 3.23. The first kappa shape index (κ1) is 10.7. The predicted octanol–water partition coefficient (Wildman–Crippen LogP) is -0.971. The summed E-state index contributed by atoms with van der Waals surface area (Å²) in [5.41, 5.74) is 1.37. The molecule has 0 radical (unpaired) electrons. The molecule has 0 amide bonds. The summed E-state index contributed by atoms with van der Waals surface area (Å²) in [6.07, 6.45) is 1.41. The highest BCUT2D eigenvalue weighted by Gasteiger charge is 2.20. The number of rotatable bonds is 2. The molecule has 0 bridgehead atoms. The van der Waals surface area contributed by atoms with Gasteiger partial charge in [0.15, 0.2) is 0 Å². The van der Waals surface area contributed by atoms with E-state index < -0.39 is 13.1 Å². The Balaban J connectivity index is 2.66. The smallest absolute Gasteiger partial charge is 0.465 e. The summed E-state index contributed by atoms with van der Waals surface area (Å²) < 4.78 is 4.56. The van der Waals surface area contributed by atoms with Gasteiger partial charge in [0.2, 0.25) is 0 Å². The number of imidazole rings is 1. The number of aromatic nitrogens is 2. The number of methoxy groups -OCH3 is 1. The molecule has 3 N–H and O–H groups in total. The molecule has 0 saturated carbocycles. The number of carbonyl (C=O) groups is 1. The summed E-state index contributed by atoms with van der Waals surface area (Å²) in [6.45, 7) is 0. The number of carbonyl (C=O) groups excluding carboxylic acids is 1. The molecule has 0 aliphatic rings. The van der Waals surface area contributed by atoms with E-state index in [1.54, 1.807) is 6.07 Å². The Bertz CT molecular complexity index is 537. The fourth-order valence-corrected chi connectivity index (χ4v) is 1.51. The lowest BCUT2D eigenvalue weighted by Gasteiger charge is -2.04. The molecule has 0 unspecified atom stereocenters. The number of nitrogens with zero attached hydrogens (tertiary/aromatic N) is 1.